The van der Waals surface area contributed by atoms with Gasteiger partial charge in [-0.1, -0.05) is 0 Å². The lowest BCUT2D eigenvalue weighted by Gasteiger charge is -2.21. The first-order chi connectivity index (χ1) is 6.24. The van der Waals surface area contributed by atoms with Crippen molar-refractivity contribution in [3.63, 3.8) is 0 Å². The molecule has 0 radical (unpaired) electrons. The van der Waals surface area contributed by atoms with Crippen LogP contribution in [0.15, 0.2) is 0 Å². The van der Waals surface area contributed by atoms with Crippen molar-refractivity contribution in [1.29, 1.82) is 0 Å². The third kappa shape index (κ3) is 1.85. The average Bonchev–Trinajstić information content (AvgIpc) is 2.61. The summed E-state index contributed by atoms with van der Waals surface area (Å²) in [7, 11) is 4.40. The highest BCUT2D eigenvalue weighted by atomic mass is 35.5. The topological polar surface area (TPSA) is 6.48 Å². The van der Waals surface area contributed by atoms with Gasteiger partial charge in [0.2, 0.25) is 0 Å². The van der Waals surface area contributed by atoms with Gasteiger partial charge in [-0.15, -0.1) is 11.6 Å². The number of halogens is 1. The Morgan fingerprint density at radius 3 is 2.38 bits per heavy atom. The predicted molar refractivity (Wildman–Crippen MR) is 56.2 cm³/mol. The van der Waals surface area contributed by atoms with Gasteiger partial charge in [-0.05, 0) is 38.9 Å². The van der Waals surface area contributed by atoms with E-state index < -0.39 is 0 Å². The molecule has 0 aromatic carbocycles. The van der Waals surface area contributed by atoms with Crippen LogP contribution in [0.2, 0.25) is 0 Å². The number of hydrogen-bond acceptors (Lipinski definition) is 2. The molecule has 13 heavy (non-hydrogen) atoms. The SMILES string of the molecule is CN(C)C1C2CN(CCCCl)CC21. The zero-order chi connectivity index (χ0) is 9.42. The van der Waals surface area contributed by atoms with Crippen molar-refractivity contribution in [3.8, 4) is 0 Å². The van der Waals surface area contributed by atoms with Crippen LogP contribution >= 0.6 is 11.6 Å². The van der Waals surface area contributed by atoms with E-state index in [9.17, 15) is 0 Å². The molecule has 0 spiro atoms. The number of nitrogens with zero attached hydrogens (tertiary/aromatic N) is 2. The van der Waals surface area contributed by atoms with Crippen LogP contribution in [0, 0.1) is 11.8 Å². The zero-order valence-electron chi connectivity index (χ0n) is 8.54. The second-order valence-electron chi connectivity index (χ2n) is 4.58. The fraction of sp³-hybridized carbons (Fsp3) is 1.00. The van der Waals surface area contributed by atoms with Gasteiger partial charge in [0.1, 0.15) is 0 Å². The zero-order valence-corrected chi connectivity index (χ0v) is 9.30. The summed E-state index contributed by atoms with van der Waals surface area (Å²) >= 11 is 5.67. The van der Waals surface area contributed by atoms with Crippen molar-refractivity contribution in [1.82, 2.24) is 9.80 Å². The molecule has 0 bridgehead atoms. The molecule has 1 aliphatic carbocycles. The van der Waals surface area contributed by atoms with Crippen LogP contribution in [0.3, 0.4) is 0 Å². The standard InChI is InChI=1S/C10H19ClN2/c1-12(2)10-8-6-13(5-3-4-11)7-9(8)10/h8-10H,3-7H2,1-2H3. The van der Waals surface area contributed by atoms with Gasteiger partial charge >= 0.3 is 0 Å². The highest BCUT2D eigenvalue weighted by Gasteiger charge is 2.56. The van der Waals surface area contributed by atoms with E-state index in [-0.39, 0.29) is 0 Å². The van der Waals surface area contributed by atoms with Crippen LogP contribution in [-0.4, -0.2) is 55.5 Å². The molecule has 1 saturated carbocycles. The molecule has 76 valence electrons. The minimum absolute atomic E-state index is 0.808. The Kier molecular flexibility index (Phi) is 2.82. The van der Waals surface area contributed by atoms with Gasteiger partial charge < -0.3 is 9.80 Å². The number of fused-ring (bicyclic) bond motifs is 1. The van der Waals surface area contributed by atoms with Gasteiger partial charge in [0.05, 0.1) is 0 Å². The summed E-state index contributed by atoms with van der Waals surface area (Å²) in [5.41, 5.74) is 0. The summed E-state index contributed by atoms with van der Waals surface area (Å²) in [5, 5.41) is 0. The van der Waals surface area contributed by atoms with Crippen LogP contribution in [0.1, 0.15) is 6.42 Å². The maximum atomic E-state index is 5.67. The maximum Gasteiger partial charge on any atom is 0.0235 e. The first-order valence-corrected chi connectivity index (χ1v) is 5.72. The third-order valence-corrected chi connectivity index (χ3v) is 3.70. The molecule has 0 N–H and O–H groups in total. The van der Waals surface area contributed by atoms with Crippen molar-refractivity contribution >= 4 is 11.6 Å². The molecule has 2 unspecified atom stereocenters. The average molecular weight is 203 g/mol. The molecule has 2 aliphatic rings. The van der Waals surface area contributed by atoms with Crippen LogP contribution in [-0.2, 0) is 0 Å². The van der Waals surface area contributed by atoms with Crippen molar-refractivity contribution in [2.75, 3.05) is 39.6 Å². The monoisotopic (exact) mass is 202 g/mol. The Balaban J connectivity index is 1.71. The Bertz CT molecular complexity index is 172. The number of alkyl halides is 1. The summed E-state index contributed by atoms with van der Waals surface area (Å²) in [6.07, 6.45) is 1.15. The minimum atomic E-state index is 0.808. The fourth-order valence-electron chi connectivity index (χ4n) is 2.81. The van der Waals surface area contributed by atoms with Gasteiger partial charge in [-0.25, -0.2) is 0 Å². The van der Waals surface area contributed by atoms with E-state index in [4.69, 9.17) is 11.6 Å². The van der Waals surface area contributed by atoms with Crippen molar-refractivity contribution in [2.24, 2.45) is 11.8 Å². The molecular formula is C10H19ClN2. The molecule has 3 heteroatoms. The fourth-order valence-corrected chi connectivity index (χ4v) is 2.93. The smallest absolute Gasteiger partial charge is 0.0235 e. The van der Waals surface area contributed by atoms with Crippen LogP contribution in [0.25, 0.3) is 0 Å². The molecule has 0 amide bonds. The van der Waals surface area contributed by atoms with Gasteiger partial charge in [0.25, 0.3) is 0 Å². The number of likely N-dealkylation sites (tertiary alicyclic amines) is 1. The summed E-state index contributed by atoms with van der Waals surface area (Å²) in [6, 6.07) is 0.882. The molecule has 1 aliphatic heterocycles. The molecule has 2 rings (SSSR count). The summed E-state index contributed by atoms with van der Waals surface area (Å²) in [5.74, 6) is 2.74. The molecule has 1 saturated heterocycles. The Morgan fingerprint density at radius 1 is 1.31 bits per heavy atom. The van der Waals surface area contributed by atoms with E-state index >= 15 is 0 Å². The maximum absolute atomic E-state index is 5.67. The third-order valence-electron chi connectivity index (χ3n) is 3.43. The van der Waals surface area contributed by atoms with E-state index in [0.717, 1.165) is 30.2 Å². The van der Waals surface area contributed by atoms with Gasteiger partial charge in [0.15, 0.2) is 0 Å². The summed E-state index contributed by atoms with van der Waals surface area (Å²) in [4.78, 5) is 4.95. The Morgan fingerprint density at radius 2 is 1.92 bits per heavy atom. The van der Waals surface area contributed by atoms with Crippen molar-refractivity contribution in [3.05, 3.63) is 0 Å². The van der Waals surface area contributed by atoms with Crippen LogP contribution < -0.4 is 0 Å². The molecule has 0 aromatic heterocycles. The summed E-state index contributed by atoms with van der Waals surface area (Å²) < 4.78 is 0. The highest BCUT2D eigenvalue weighted by Crippen LogP contribution is 2.47. The van der Waals surface area contributed by atoms with Crippen molar-refractivity contribution in [2.45, 2.75) is 12.5 Å². The molecular weight excluding hydrogens is 184 g/mol. The van der Waals surface area contributed by atoms with Crippen LogP contribution in [0.4, 0.5) is 0 Å². The number of piperidine rings is 1. The Hall–Kier alpha value is 0.210. The van der Waals surface area contributed by atoms with Crippen molar-refractivity contribution < 1.29 is 0 Å². The Labute approximate surface area is 85.8 Å². The van der Waals surface area contributed by atoms with E-state index in [2.05, 4.69) is 23.9 Å². The second-order valence-corrected chi connectivity index (χ2v) is 4.96. The molecule has 2 atom stereocenters. The van der Waals surface area contributed by atoms with Gasteiger partial charge in [-0.2, -0.15) is 0 Å². The quantitative estimate of drug-likeness (QED) is 0.631. The largest absolute Gasteiger partial charge is 0.306 e. The lowest BCUT2D eigenvalue weighted by atomic mass is 10.3. The molecule has 1 heterocycles. The van der Waals surface area contributed by atoms with E-state index in [1.807, 2.05) is 0 Å². The van der Waals surface area contributed by atoms with Gasteiger partial charge in [-0.3, -0.25) is 0 Å². The molecule has 2 nitrogen and oxygen atoms in total. The number of rotatable bonds is 4. The molecule has 0 aromatic rings. The minimum Gasteiger partial charge on any atom is -0.306 e. The lowest BCUT2D eigenvalue weighted by molar-refractivity contribution is 0.250. The van der Waals surface area contributed by atoms with E-state index in [1.54, 1.807) is 0 Å². The normalized spacial score (nSPS) is 38.3. The first kappa shape index (κ1) is 9.75. The van der Waals surface area contributed by atoms with Crippen LogP contribution in [0.5, 0.6) is 0 Å². The predicted octanol–water partition coefficient (Wildman–Crippen LogP) is 1.11. The highest BCUT2D eigenvalue weighted by molar-refractivity contribution is 6.17. The molecule has 2 fully saturated rings. The number of hydrogen-bond donors (Lipinski definition) is 0. The summed E-state index contributed by atoms with van der Waals surface area (Å²) in [6.45, 7) is 3.82. The second kappa shape index (κ2) is 3.76. The van der Waals surface area contributed by atoms with E-state index in [1.165, 1.54) is 19.6 Å². The lowest BCUT2D eigenvalue weighted by Crippen LogP contribution is -2.31. The van der Waals surface area contributed by atoms with E-state index in [0.29, 0.717) is 0 Å². The first-order valence-electron chi connectivity index (χ1n) is 5.19. The van der Waals surface area contributed by atoms with Gasteiger partial charge in [0, 0.05) is 25.0 Å².